The Hall–Kier alpha value is -1.48. The minimum Gasteiger partial charge on any atom is -0.342 e. The summed E-state index contributed by atoms with van der Waals surface area (Å²) < 4.78 is 0. The van der Waals surface area contributed by atoms with Crippen LogP contribution in [0.15, 0.2) is 0 Å². The number of hydrogen-bond acceptors (Lipinski definition) is 4. The van der Waals surface area contributed by atoms with Crippen LogP contribution in [0.25, 0.3) is 0 Å². The predicted molar refractivity (Wildman–Crippen MR) is 26.4 cm³/mol. The molecule has 1 heterocycles. The minimum atomic E-state index is -0.449. The number of β-lactam (4-membered cyclic amide) rings is 1. The number of carbonyl (C=O) groups is 2. The third-order valence-corrected chi connectivity index (χ3v) is 0.663. The van der Waals surface area contributed by atoms with Crippen LogP contribution in [-0.4, -0.2) is 24.3 Å². The standard InChI is InChI=1S/C3H3NO2.CHNO/c5-2-1-4-3(2)6;2-1-3/h1H2,(H,4,6);2H. The van der Waals surface area contributed by atoms with Crippen LogP contribution in [0.5, 0.6) is 0 Å². The van der Waals surface area contributed by atoms with E-state index in [0.717, 1.165) is 6.08 Å². The molecule has 0 aromatic heterocycles. The lowest BCUT2D eigenvalue weighted by Crippen LogP contribution is -2.49. The summed E-state index contributed by atoms with van der Waals surface area (Å²) in [5.41, 5.74) is 0. The fourth-order valence-corrected chi connectivity index (χ4v) is 0.233. The normalized spacial score (nSPS) is 13.8. The number of amides is 1. The molecule has 48 valence electrons. The maximum Gasteiger partial charge on any atom is 0.289 e. The number of rotatable bonds is 0. The second kappa shape index (κ2) is 3.51. The molecule has 1 rings (SSSR count). The molecule has 0 spiro atoms. The Morgan fingerprint density at radius 3 is 1.89 bits per heavy atom. The van der Waals surface area contributed by atoms with E-state index in [0.29, 0.717) is 0 Å². The topological polar surface area (TPSA) is 87.1 Å². The Kier molecular flexibility index (Phi) is 2.94. The van der Waals surface area contributed by atoms with Crippen LogP contribution >= 0.6 is 0 Å². The van der Waals surface area contributed by atoms with Crippen molar-refractivity contribution in [2.45, 2.75) is 0 Å². The molecule has 0 aromatic rings. The highest BCUT2D eigenvalue weighted by atomic mass is 16.2. The molecule has 0 saturated carbocycles. The fourth-order valence-electron chi connectivity index (χ4n) is 0.233. The van der Waals surface area contributed by atoms with Crippen LogP contribution in [0, 0.1) is 5.41 Å². The van der Waals surface area contributed by atoms with Crippen molar-refractivity contribution in [2.75, 3.05) is 6.54 Å². The van der Waals surface area contributed by atoms with Crippen molar-refractivity contribution in [2.24, 2.45) is 0 Å². The third kappa shape index (κ3) is 2.36. The van der Waals surface area contributed by atoms with E-state index in [2.05, 4.69) is 5.32 Å². The summed E-state index contributed by atoms with van der Waals surface area (Å²) in [5, 5.41) is 7.67. The zero-order valence-corrected chi connectivity index (χ0v) is 4.43. The Balaban J connectivity index is 0.000000187. The largest absolute Gasteiger partial charge is 0.342 e. The van der Waals surface area contributed by atoms with Gasteiger partial charge in [-0.05, 0) is 0 Å². The second-order valence-corrected chi connectivity index (χ2v) is 1.21. The third-order valence-electron chi connectivity index (χ3n) is 0.663. The molecular weight excluding hydrogens is 124 g/mol. The number of Topliss-reactive ketones (excluding diaryl/α,β-unsaturated/α-hetero) is 1. The second-order valence-electron chi connectivity index (χ2n) is 1.21. The first-order valence-corrected chi connectivity index (χ1v) is 2.07. The predicted octanol–water partition coefficient (Wildman–Crippen LogP) is -1.41. The molecular formula is C4H4N2O3. The van der Waals surface area contributed by atoms with Gasteiger partial charge in [0.05, 0.1) is 6.54 Å². The zero-order chi connectivity index (χ0) is 7.28. The van der Waals surface area contributed by atoms with Crippen molar-refractivity contribution in [3.05, 3.63) is 0 Å². The highest BCUT2D eigenvalue weighted by Crippen LogP contribution is 1.80. The lowest BCUT2D eigenvalue weighted by atomic mass is 10.2. The van der Waals surface area contributed by atoms with E-state index in [4.69, 9.17) is 10.2 Å². The molecule has 1 saturated heterocycles. The van der Waals surface area contributed by atoms with Gasteiger partial charge in [0.25, 0.3) is 5.91 Å². The van der Waals surface area contributed by atoms with Crippen molar-refractivity contribution < 1.29 is 14.4 Å². The van der Waals surface area contributed by atoms with E-state index in [1.807, 2.05) is 0 Å². The molecule has 5 nitrogen and oxygen atoms in total. The lowest BCUT2D eigenvalue weighted by molar-refractivity contribution is -0.143. The van der Waals surface area contributed by atoms with E-state index in [1.165, 1.54) is 0 Å². The van der Waals surface area contributed by atoms with Gasteiger partial charge in [-0.3, -0.25) is 9.59 Å². The Bertz CT molecular complexity index is 155. The summed E-state index contributed by atoms with van der Waals surface area (Å²) in [7, 11) is 0. The van der Waals surface area contributed by atoms with Gasteiger partial charge in [-0.2, -0.15) is 0 Å². The molecule has 0 unspecified atom stereocenters. The van der Waals surface area contributed by atoms with Crippen molar-refractivity contribution in [3.8, 4) is 0 Å². The number of hydrogen-bond donors (Lipinski definition) is 2. The van der Waals surface area contributed by atoms with Crippen molar-refractivity contribution >= 4 is 17.8 Å². The van der Waals surface area contributed by atoms with E-state index >= 15 is 0 Å². The first-order chi connectivity index (χ1) is 4.22. The van der Waals surface area contributed by atoms with Crippen LogP contribution in [0.2, 0.25) is 0 Å². The van der Waals surface area contributed by atoms with E-state index in [9.17, 15) is 9.59 Å². The van der Waals surface area contributed by atoms with Gasteiger partial charge in [-0.15, -0.1) is 0 Å². The highest BCUT2D eigenvalue weighted by Gasteiger charge is 2.22. The number of carbonyl (C=O) groups excluding carboxylic acids is 3. The van der Waals surface area contributed by atoms with Gasteiger partial charge in [0.1, 0.15) is 0 Å². The summed E-state index contributed by atoms with van der Waals surface area (Å²) >= 11 is 0. The fraction of sp³-hybridized carbons (Fsp3) is 0.250. The lowest BCUT2D eigenvalue weighted by Gasteiger charge is -2.08. The van der Waals surface area contributed by atoms with E-state index < -0.39 is 5.91 Å². The maximum absolute atomic E-state index is 9.82. The van der Waals surface area contributed by atoms with Gasteiger partial charge in [-0.1, -0.05) is 0 Å². The molecule has 0 radical (unpaired) electrons. The Morgan fingerprint density at radius 1 is 1.56 bits per heavy atom. The van der Waals surface area contributed by atoms with Crippen LogP contribution in [-0.2, 0) is 14.4 Å². The SMILES string of the molecule is N=C=O.O=C1CNC1=O. The first-order valence-electron chi connectivity index (χ1n) is 2.07. The van der Waals surface area contributed by atoms with Gasteiger partial charge in [0.2, 0.25) is 11.9 Å². The molecule has 9 heavy (non-hydrogen) atoms. The molecule has 2 N–H and O–H groups in total. The number of isocyanates is 1. The zero-order valence-electron chi connectivity index (χ0n) is 4.43. The van der Waals surface area contributed by atoms with Crippen LogP contribution in [0.1, 0.15) is 0 Å². The minimum absolute atomic E-state index is 0.235. The number of ketones is 1. The molecule has 0 aromatic carbocycles. The maximum atomic E-state index is 9.82. The summed E-state index contributed by atoms with van der Waals surface area (Å²) in [6.45, 7) is 0.235. The van der Waals surface area contributed by atoms with Gasteiger partial charge in [-0.25, -0.2) is 10.2 Å². The molecule has 1 amide bonds. The summed E-state index contributed by atoms with van der Waals surface area (Å²) in [4.78, 5) is 27.9. The summed E-state index contributed by atoms with van der Waals surface area (Å²) in [6, 6.07) is 0. The monoisotopic (exact) mass is 128 g/mol. The molecule has 1 aliphatic rings. The van der Waals surface area contributed by atoms with Crippen molar-refractivity contribution in [3.63, 3.8) is 0 Å². The van der Waals surface area contributed by atoms with Crippen molar-refractivity contribution in [1.29, 1.82) is 5.41 Å². The Labute approximate surface area is 50.6 Å². The first kappa shape index (κ1) is 7.52. The number of nitrogens with one attached hydrogen (secondary N) is 2. The van der Waals surface area contributed by atoms with Crippen LogP contribution in [0.4, 0.5) is 0 Å². The van der Waals surface area contributed by atoms with Crippen LogP contribution < -0.4 is 5.32 Å². The van der Waals surface area contributed by atoms with E-state index in [-0.39, 0.29) is 12.3 Å². The summed E-state index contributed by atoms with van der Waals surface area (Å²) in [6.07, 6.45) is 0.750. The van der Waals surface area contributed by atoms with Crippen molar-refractivity contribution in [1.82, 2.24) is 5.32 Å². The molecule has 0 bridgehead atoms. The quantitative estimate of drug-likeness (QED) is 0.182. The molecule has 0 atom stereocenters. The van der Waals surface area contributed by atoms with Crippen LogP contribution in [0.3, 0.4) is 0 Å². The van der Waals surface area contributed by atoms with Gasteiger partial charge < -0.3 is 5.32 Å². The Morgan fingerprint density at radius 2 is 1.89 bits per heavy atom. The van der Waals surface area contributed by atoms with Gasteiger partial charge >= 0.3 is 0 Å². The molecule has 5 heteroatoms. The summed E-state index contributed by atoms with van der Waals surface area (Å²) in [5.74, 6) is -0.759. The highest BCUT2D eigenvalue weighted by molar-refractivity contribution is 6.43. The molecule has 0 aliphatic carbocycles. The van der Waals surface area contributed by atoms with E-state index in [1.54, 1.807) is 0 Å². The molecule has 1 fully saturated rings. The smallest absolute Gasteiger partial charge is 0.289 e. The average molecular weight is 128 g/mol. The van der Waals surface area contributed by atoms with Gasteiger partial charge in [0, 0.05) is 0 Å². The van der Waals surface area contributed by atoms with Gasteiger partial charge in [0.15, 0.2) is 0 Å². The average Bonchev–Trinajstić information content (AvgIpc) is 1.86. The molecule has 1 aliphatic heterocycles.